The molecule has 1 aliphatic heterocycles. The number of carbonyl (C=O) groups is 2. The van der Waals surface area contributed by atoms with Crippen LogP contribution in [0.25, 0.3) is 0 Å². The van der Waals surface area contributed by atoms with Gasteiger partial charge in [0, 0.05) is 25.2 Å². The normalized spacial score (nSPS) is 20.3. The lowest BCUT2D eigenvalue weighted by Gasteiger charge is -2.19. The number of carboxylic acid groups (broad SMARTS) is 1. The first-order chi connectivity index (χ1) is 12.1. The molecule has 1 fully saturated rings. The van der Waals surface area contributed by atoms with Crippen molar-refractivity contribution in [2.75, 3.05) is 13.1 Å². The Kier molecular flexibility index (Phi) is 5.88. The van der Waals surface area contributed by atoms with E-state index in [1.54, 1.807) is 0 Å². The molecule has 0 aliphatic carbocycles. The van der Waals surface area contributed by atoms with Crippen molar-refractivity contribution < 1.29 is 41.4 Å². The van der Waals surface area contributed by atoms with Gasteiger partial charge in [0.1, 0.15) is 5.75 Å². The van der Waals surface area contributed by atoms with Crippen LogP contribution in [-0.4, -0.2) is 47.9 Å². The molecule has 0 spiro atoms. The molecule has 0 unspecified atom stereocenters. The second-order valence-corrected chi connectivity index (χ2v) is 5.64. The van der Waals surface area contributed by atoms with E-state index in [0.29, 0.717) is 0 Å². The molecule has 1 aromatic carbocycles. The maximum Gasteiger partial charge on any atom is 0.394 e. The number of ether oxygens (including phenoxy) is 1. The molecule has 6 nitrogen and oxygen atoms in total. The number of para-hydroxylation sites is 1. The maximum absolute atomic E-state index is 12.9. The lowest BCUT2D eigenvalue weighted by molar-refractivity contribution is -0.187. The fourth-order valence-corrected chi connectivity index (χ4v) is 2.69. The zero-order valence-corrected chi connectivity index (χ0v) is 13.2. The molecule has 1 aromatic rings. The summed E-state index contributed by atoms with van der Waals surface area (Å²) in [5, 5.41) is 11.2. The Balaban J connectivity index is 2.02. The Morgan fingerprint density at radius 3 is 2.46 bits per heavy atom. The van der Waals surface area contributed by atoms with Gasteiger partial charge in [0.15, 0.2) is 0 Å². The van der Waals surface area contributed by atoms with Gasteiger partial charge in [-0.25, -0.2) is 4.79 Å². The van der Waals surface area contributed by atoms with Crippen molar-refractivity contribution in [2.45, 2.75) is 19.3 Å². The number of nitrogens with zero attached hydrogens (tertiary/aromatic N) is 1. The number of urea groups is 1. The van der Waals surface area contributed by atoms with Gasteiger partial charge in [-0.3, -0.25) is 4.79 Å². The third-order valence-corrected chi connectivity index (χ3v) is 3.96. The van der Waals surface area contributed by atoms with Crippen molar-refractivity contribution in [2.24, 2.45) is 11.8 Å². The minimum atomic E-state index is -4.75. The number of rotatable bonds is 5. The summed E-state index contributed by atoms with van der Waals surface area (Å²) in [5.74, 6) is -5.74. The summed E-state index contributed by atoms with van der Waals surface area (Å²) in [6, 6.07) is 4.68. The van der Waals surface area contributed by atoms with Crippen LogP contribution in [0, 0.1) is 11.8 Å². The standard InChI is InChI=1S/C15H15F5N2O4/c16-13(17)26-11-4-2-1-3-8(11)5-21-14(25)22-6-9(12(23)24)10(7-22)15(18,19)20/h1-4,9-10,13H,5-7H2,(H,21,25)(H,23,24)/t9-,10-/m1/s1. The maximum atomic E-state index is 12.9. The van der Waals surface area contributed by atoms with Crippen molar-refractivity contribution in [1.29, 1.82) is 0 Å². The molecule has 144 valence electrons. The Morgan fingerprint density at radius 1 is 1.27 bits per heavy atom. The molecule has 2 rings (SSSR count). The third-order valence-electron chi connectivity index (χ3n) is 3.96. The van der Waals surface area contributed by atoms with Crippen molar-refractivity contribution in [3.63, 3.8) is 0 Å². The molecule has 0 bridgehead atoms. The van der Waals surface area contributed by atoms with Gasteiger partial charge in [-0.1, -0.05) is 18.2 Å². The third kappa shape index (κ3) is 4.73. The first-order valence-electron chi connectivity index (χ1n) is 7.44. The summed E-state index contributed by atoms with van der Waals surface area (Å²) in [4.78, 5) is 23.8. The zero-order valence-electron chi connectivity index (χ0n) is 13.2. The van der Waals surface area contributed by atoms with Crippen LogP contribution in [0.2, 0.25) is 0 Å². The Hall–Kier alpha value is -2.59. The molecule has 2 amide bonds. The topological polar surface area (TPSA) is 78.9 Å². The Morgan fingerprint density at radius 2 is 1.92 bits per heavy atom. The number of hydrogen-bond donors (Lipinski definition) is 2. The van der Waals surface area contributed by atoms with Gasteiger partial charge in [-0.05, 0) is 6.07 Å². The molecule has 1 saturated heterocycles. The van der Waals surface area contributed by atoms with Crippen LogP contribution >= 0.6 is 0 Å². The van der Waals surface area contributed by atoms with Crippen LogP contribution in [0.3, 0.4) is 0 Å². The van der Waals surface area contributed by atoms with Gasteiger partial charge in [0.25, 0.3) is 0 Å². The summed E-state index contributed by atoms with van der Waals surface area (Å²) in [6.07, 6.45) is -4.75. The molecule has 0 saturated carbocycles. The molecule has 1 aliphatic rings. The first-order valence-corrected chi connectivity index (χ1v) is 7.44. The molecule has 0 aromatic heterocycles. The number of halogens is 5. The van der Waals surface area contributed by atoms with E-state index >= 15 is 0 Å². The second kappa shape index (κ2) is 7.75. The number of alkyl halides is 5. The van der Waals surface area contributed by atoms with Crippen LogP contribution in [0.15, 0.2) is 24.3 Å². The van der Waals surface area contributed by atoms with Crippen LogP contribution < -0.4 is 10.1 Å². The highest BCUT2D eigenvalue weighted by Crippen LogP contribution is 2.37. The number of benzene rings is 1. The van der Waals surface area contributed by atoms with E-state index in [9.17, 15) is 31.5 Å². The van der Waals surface area contributed by atoms with E-state index in [-0.39, 0.29) is 17.9 Å². The second-order valence-electron chi connectivity index (χ2n) is 5.64. The zero-order chi connectivity index (χ0) is 19.5. The van der Waals surface area contributed by atoms with Crippen LogP contribution in [0.5, 0.6) is 5.75 Å². The van der Waals surface area contributed by atoms with Crippen LogP contribution in [-0.2, 0) is 11.3 Å². The van der Waals surface area contributed by atoms with Crippen molar-refractivity contribution >= 4 is 12.0 Å². The first kappa shape index (κ1) is 19.7. The summed E-state index contributed by atoms with van der Waals surface area (Å²) < 4.78 is 67.7. The van der Waals surface area contributed by atoms with Gasteiger partial charge in [0.2, 0.25) is 0 Å². The minimum Gasteiger partial charge on any atom is -0.481 e. The molecular weight excluding hydrogens is 367 g/mol. The van der Waals surface area contributed by atoms with Gasteiger partial charge >= 0.3 is 24.8 Å². The van der Waals surface area contributed by atoms with Crippen LogP contribution in [0.4, 0.5) is 26.7 Å². The molecule has 2 N–H and O–H groups in total. The molecule has 0 radical (unpaired) electrons. The SMILES string of the molecule is O=C(O)[C@@H]1CN(C(=O)NCc2ccccc2OC(F)F)C[C@H]1C(F)(F)F. The Bertz CT molecular complexity index is 668. The molecule has 2 atom stereocenters. The fraction of sp³-hybridized carbons (Fsp3) is 0.467. The molecule has 26 heavy (non-hydrogen) atoms. The van der Waals surface area contributed by atoms with Crippen LogP contribution in [0.1, 0.15) is 5.56 Å². The van der Waals surface area contributed by atoms with E-state index < -0.39 is 49.7 Å². The number of likely N-dealkylation sites (tertiary alicyclic amines) is 1. The molecule has 1 heterocycles. The monoisotopic (exact) mass is 382 g/mol. The van der Waals surface area contributed by atoms with E-state index in [1.165, 1.54) is 24.3 Å². The van der Waals surface area contributed by atoms with Crippen molar-refractivity contribution in [3.8, 4) is 5.75 Å². The molecule has 11 heteroatoms. The van der Waals surface area contributed by atoms with Gasteiger partial charge in [0.05, 0.1) is 11.8 Å². The van der Waals surface area contributed by atoms with E-state index in [1.807, 2.05) is 0 Å². The highest BCUT2D eigenvalue weighted by atomic mass is 19.4. The average molecular weight is 382 g/mol. The number of hydrogen-bond acceptors (Lipinski definition) is 3. The predicted octanol–water partition coefficient (Wildman–Crippen LogP) is 2.69. The number of aliphatic carboxylic acids is 1. The highest BCUT2D eigenvalue weighted by Gasteiger charge is 2.53. The minimum absolute atomic E-state index is 0.180. The van der Waals surface area contributed by atoms with E-state index in [4.69, 9.17) is 5.11 Å². The largest absolute Gasteiger partial charge is 0.481 e. The van der Waals surface area contributed by atoms with Crippen molar-refractivity contribution in [1.82, 2.24) is 10.2 Å². The summed E-state index contributed by atoms with van der Waals surface area (Å²) in [5.41, 5.74) is 0.197. The number of nitrogens with one attached hydrogen (secondary N) is 1. The summed E-state index contributed by atoms with van der Waals surface area (Å²) in [6.45, 7) is -4.73. The predicted molar refractivity (Wildman–Crippen MR) is 77.6 cm³/mol. The molecular formula is C15H15F5N2O4. The average Bonchev–Trinajstić information content (AvgIpc) is 2.99. The lowest BCUT2D eigenvalue weighted by Crippen LogP contribution is -2.39. The fourth-order valence-electron chi connectivity index (χ4n) is 2.69. The van der Waals surface area contributed by atoms with Gasteiger partial charge in [-0.2, -0.15) is 22.0 Å². The lowest BCUT2D eigenvalue weighted by atomic mass is 9.96. The van der Waals surface area contributed by atoms with Gasteiger partial charge in [-0.15, -0.1) is 0 Å². The smallest absolute Gasteiger partial charge is 0.394 e. The van der Waals surface area contributed by atoms with E-state index in [0.717, 1.165) is 4.90 Å². The number of amides is 2. The van der Waals surface area contributed by atoms with Gasteiger partial charge < -0.3 is 20.1 Å². The number of carboxylic acids is 1. The quantitative estimate of drug-likeness (QED) is 0.768. The van der Waals surface area contributed by atoms with E-state index in [2.05, 4.69) is 10.1 Å². The summed E-state index contributed by atoms with van der Waals surface area (Å²) >= 11 is 0. The van der Waals surface area contributed by atoms with Crippen molar-refractivity contribution in [3.05, 3.63) is 29.8 Å². The Labute approximate surface area is 144 Å². The summed E-state index contributed by atoms with van der Waals surface area (Å²) in [7, 11) is 0. The highest BCUT2D eigenvalue weighted by molar-refractivity contribution is 5.77. The number of carbonyl (C=O) groups excluding carboxylic acids is 1.